The average Bonchev–Trinajstić information content (AvgIpc) is 2.47. The second kappa shape index (κ2) is 11.1. The van der Waals surface area contributed by atoms with Crippen LogP contribution in [0.2, 0.25) is 0 Å². The van der Waals surface area contributed by atoms with Gasteiger partial charge in [-0.15, -0.1) is 0 Å². The summed E-state index contributed by atoms with van der Waals surface area (Å²) in [6, 6.07) is -1.84. The Bertz CT molecular complexity index is 471. The minimum Gasteiger partial charge on any atom is -0.480 e. The number of hydrogen-bond acceptors (Lipinski definition) is 6. The van der Waals surface area contributed by atoms with E-state index in [2.05, 4.69) is 20.1 Å². The topological polar surface area (TPSA) is 151 Å². The summed E-state index contributed by atoms with van der Waals surface area (Å²) in [6.07, 6.45) is -1.46. The largest absolute Gasteiger partial charge is 0.480 e. The third kappa shape index (κ3) is 10.8. The quantitative estimate of drug-likeness (QED) is 0.569. The predicted molar refractivity (Wildman–Crippen MR) is 88.2 cm³/mol. The zero-order chi connectivity index (χ0) is 20.4. The maximum Gasteiger partial charge on any atom is 0.407 e. The van der Waals surface area contributed by atoms with Crippen LogP contribution in [0.1, 0.15) is 34.6 Å². The molecule has 25 heavy (non-hydrogen) atoms. The molecular formula is C15H28N2O8. The van der Waals surface area contributed by atoms with E-state index in [1.165, 1.54) is 14.2 Å². The van der Waals surface area contributed by atoms with Crippen molar-refractivity contribution in [1.29, 1.82) is 0 Å². The molecule has 0 saturated heterocycles. The molecule has 0 fully saturated rings. The minimum absolute atomic E-state index is 0.165. The van der Waals surface area contributed by atoms with Crippen molar-refractivity contribution in [2.24, 2.45) is 11.3 Å². The first-order valence-electron chi connectivity index (χ1n) is 7.42. The molecule has 4 N–H and O–H groups in total. The fourth-order valence-corrected chi connectivity index (χ4v) is 1.52. The van der Waals surface area contributed by atoms with E-state index in [9.17, 15) is 19.2 Å². The summed E-state index contributed by atoms with van der Waals surface area (Å²) in [4.78, 5) is 42.7. The number of alkyl carbamates (subject to hydrolysis) is 2. The summed E-state index contributed by atoms with van der Waals surface area (Å²) in [7, 11) is 2.38. The summed E-state index contributed by atoms with van der Waals surface area (Å²) in [5.74, 6) is -2.30. The standard InChI is InChI=1S/C8H15NO4.C7H13NO4/c1-8(2,3)5(6(10)11)9-7(12)13-4;1-4(2)5(6(9)10)8-7(11)12-3/h5H,1-4H3,(H,9,12)(H,10,11);4-5H,1-3H3,(H,8,11)(H,9,10)/t2*5-/m10/s1. The summed E-state index contributed by atoms with van der Waals surface area (Å²) in [5, 5.41) is 21.9. The molecule has 146 valence electrons. The molecule has 0 heterocycles. The highest BCUT2D eigenvalue weighted by Crippen LogP contribution is 2.19. The zero-order valence-corrected chi connectivity index (χ0v) is 15.6. The Labute approximate surface area is 146 Å². The molecule has 0 bridgehead atoms. The lowest BCUT2D eigenvalue weighted by Crippen LogP contribution is -2.49. The first-order chi connectivity index (χ1) is 11.3. The fourth-order valence-electron chi connectivity index (χ4n) is 1.52. The Hall–Kier alpha value is -2.52. The van der Waals surface area contributed by atoms with E-state index in [0.29, 0.717) is 0 Å². The van der Waals surface area contributed by atoms with Crippen molar-refractivity contribution in [3.05, 3.63) is 0 Å². The molecule has 0 unspecified atom stereocenters. The van der Waals surface area contributed by atoms with Crippen LogP contribution in [-0.2, 0) is 19.1 Å². The lowest BCUT2D eigenvalue weighted by atomic mass is 9.87. The van der Waals surface area contributed by atoms with Gasteiger partial charge in [0.1, 0.15) is 12.1 Å². The van der Waals surface area contributed by atoms with Gasteiger partial charge in [-0.3, -0.25) is 0 Å². The molecule has 0 spiro atoms. The van der Waals surface area contributed by atoms with Gasteiger partial charge >= 0.3 is 24.1 Å². The normalized spacial score (nSPS) is 12.8. The summed E-state index contributed by atoms with van der Waals surface area (Å²) in [5.41, 5.74) is -0.542. The van der Waals surface area contributed by atoms with Crippen molar-refractivity contribution in [3.8, 4) is 0 Å². The van der Waals surface area contributed by atoms with Gasteiger partial charge < -0.3 is 30.3 Å². The van der Waals surface area contributed by atoms with Gasteiger partial charge in [0.2, 0.25) is 0 Å². The van der Waals surface area contributed by atoms with Gasteiger partial charge in [0.25, 0.3) is 0 Å². The molecule has 0 aliphatic carbocycles. The number of ether oxygens (including phenoxy) is 2. The van der Waals surface area contributed by atoms with Gasteiger partial charge in [-0.25, -0.2) is 19.2 Å². The predicted octanol–water partition coefficient (Wildman–Crippen LogP) is 1.29. The molecule has 0 aromatic rings. The third-order valence-electron chi connectivity index (χ3n) is 2.95. The van der Waals surface area contributed by atoms with Crippen molar-refractivity contribution in [2.45, 2.75) is 46.7 Å². The molecule has 0 radical (unpaired) electrons. The number of carbonyl (C=O) groups is 4. The highest BCUT2D eigenvalue weighted by Gasteiger charge is 2.32. The number of nitrogens with one attached hydrogen (secondary N) is 2. The molecule has 0 aliphatic rings. The fraction of sp³-hybridized carbons (Fsp3) is 0.733. The van der Waals surface area contributed by atoms with E-state index < -0.39 is 41.6 Å². The maximum atomic E-state index is 10.8. The molecule has 0 aromatic heterocycles. The van der Waals surface area contributed by atoms with Crippen LogP contribution in [0.5, 0.6) is 0 Å². The van der Waals surface area contributed by atoms with Crippen LogP contribution in [0.25, 0.3) is 0 Å². The molecule has 0 saturated carbocycles. The Morgan fingerprint density at radius 3 is 1.48 bits per heavy atom. The molecule has 0 rings (SSSR count). The van der Waals surface area contributed by atoms with Crippen molar-refractivity contribution >= 4 is 24.1 Å². The summed E-state index contributed by atoms with van der Waals surface area (Å²) in [6.45, 7) is 8.58. The van der Waals surface area contributed by atoms with Gasteiger partial charge in [0.15, 0.2) is 0 Å². The lowest BCUT2D eigenvalue weighted by molar-refractivity contribution is -0.142. The van der Waals surface area contributed by atoms with Crippen LogP contribution in [0, 0.1) is 11.3 Å². The van der Waals surface area contributed by atoms with E-state index in [0.717, 1.165) is 0 Å². The molecule has 0 aromatic carbocycles. The van der Waals surface area contributed by atoms with Gasteiger partial charge in [0, 0.05) is 0 Å². The van der Waals surface area contributed by atoms with Gasteiger partial charge in [-0.05, 0) is 11.3 Å². The zero-order valence-electron chi connectivity index (χ0n) is 15.6. The number of rotatable bonds is 5. The third-order valence-corrected chi connectivity index (χ3v) is 2.95. The SMILES string of the molecule is COC(=O)N[C@H](C(=O)O)C(C)(C)C.COC(=O)N[C@H](C(=O)O)C(C)C. The molecule has 2 atom stereocenters. The lowest BCUT2D eigenvalue weighted by Gasteiger charge is -2.26. The molecular weight excluding hydrogens is 336 g/mol. The molecule has 10 nitrogen and oxygen atoms in total. The Balaban J connectivity index is 0. The van der Waals surface area contributed by atoms with Crippen molar-refractivity contribution in [2.75, 3.05) is 14.2 Å². The second-order valence-electron chi connectivity index (χ2n) is 6.47. The highest BCUT2D eigenvalue weighted by atomic mass is 16.5. The molecule has 0 aliphatic heterocycles. The van der Waals surface area contributed by atoms with Crippen LogP contribution >= 0.6 is 0 Å². The summed E-state index contributed by atoms with van der Waals surface area (Å²) >= 11 is 0. The number of hydrogen-bond donors (Lipinski definition) is 4. The van der Waals surface area contributed by atoms with Crippen molar-refractivity contribution in [1.82, 2.24) is 10.6 Å². The van der Waals surface area contributed by atoms with E-state index >= 15 is 0 Å². The van der Waals surface area contributed by atoms with Crippen LogP contribution < -0.4 is 10.6 Å². The summed E-state index contributed by atoms with van der Waals surface area (Å²) < 4.78 is 8.58. The first kappa shape index (κ1) is 24.7. The van der Waals surface area contributed by atoms with Crippen LogP contribution in [0.3, 0.4) is 0 Å². The Morgan fingerprint density at radius 2 is 1.24 bits per heavy atom. The van der Waals surface area contributed by atoms with E-state index in [1.54, 1.807) is 34.6 Å². The van der Waals surface area contributed by atoms with Crippen molar-refractivity contribution in [3.63, 3.8) is 0 Å². The molecule has 10 heteroatoms. The van der Waals surface area contributed by atoms with E-state index in [1.807, 2.05) is 0 Å². The van der Waals surface area contributed by atoms with E-state index in [-0.39, 0.29) is 5.92 Å². The number of carboxylic acids is 2. The Morgan fingerprint density at radius 1 is 0.840 bits per heavy atom. The highest BCUT2D eigenvalue weighted by molar-refractivity contribution is 5.80. The van der Waals surface area contributed by atoms with E-state index in [4.69, 9.17) is 10.2 Å². The number of carbonyl (C=O) groups excluding carboxylic acids is 2. The second-order valence-corrected chi connectivity index (χ2v) is 6.47. The maximum absolute atomic E-state index is 10.8. The van der Waals surface area contributed by atoms with Crippen LogP contribution in [-0.4, -0.2) is 60.6 Å². The molecule has 2 amide bonds. The average molecular weight is 364 g/mol. The van der Waals surface area contributed by atoms with Gasteiger partial charge in [0.05, 0.1) is 14.2 Å². The van der Waals surface area contributed by atoms with Gasteiger partial charge in [-0.2, -0.15) is 0 Å². The number of carboxylic acid groups (broad SMARTS) is 2. The number of amides is 2. The Kier molecular flexibility index (Phi) is 11.0. The number of aliphatic carboxylic acids is 2. The van der Waals surface area contributed by atoms with Crippen LogP contribution in [0.4, 0.5) is 9.59 Å². The van der Waals surface area contributed by atoms with Crippen molar-refractivity contribution < 1.29 is 38.9 Å². The van der Waals surface area contributed by atoms with Crippen LogP contribution in [0.15, 0.2) is 0 Å². The van der Waals surface area contributed by atoms with Gasteiger partial charge in [-0.1, -0.05) is 34.6 Å². The minimum atomic E-state index is -1.07. The number of methoxy groups -OCH3 is 2. The monoisotopic (exact) mass is 364 g/mol. The first-order valence-corrected chi connectivity index (χ1v) is 7.42. The smallest absolute Gasteiger partial charge is 0.407 e.